The molecule has 5 heteroatoms. The molecule has 0 heterocycles. The van der Waals surface area contributed by atoms with E-state index in [1.54, 1.807) is 0 Å². The average Bonchev–Trinajstić information content (AvgIpc) is 2.55. The van der Waals surface area contributed by atoms with Gasteiger partial charge in [0.25, 0.3) is 0 Å². The Morgan fingerprint density at radius 1 is 1.09 bits per heavy atom. The molecule has 0 saturated carbocycles. The van der Waals surface area contributed by atoms with Crippen molar-refractivity contribution in [3.63, 3.8) is 0 Å². The van der Waals surface area contributed by atoms with Crippen molar-refractivity contribution < 1.29 is 19.4 Å². The Labute approximate surface area is 135 Å². The number of carbonyl (C=O) groups is 1. The summed E-state index contributed by atoms with van der Waals surface area (Å²) in [6.45, 7) is 3.18. The van der Waals surface area contributed by atoms with Crippen molar-refractivity contribution in [3.8, 4) is 11.5 Å². The highest BCUT2D eigenvalue weighted by Gasteiger charge is 2.11. The van der Waals surface area contributed by atoms with Crippen molar-refractivity contribution >= 4 is 5.97 Å². The molecule has 0 aliphatic rings. The molecule has 0 amide bonds. The molecule has 0 fully saturated rings. The van der Waals surface area contributed by atoms with Gasteiger partial charge >= 0.3 is 5.97 Å². The third kappa shape index (κ3) is 5.30. The highest BCUT2D eigenvalue weighted by atomic mass is 16.5. The fourth-order valence-electron chi connectivity index (χ4n) is 2.17. The first-order chi connectivity index (χ1) is 11.2. The Kier molecular flexibility index (Phi) is 6.44. The molecule has 5 nitrogen and oxygen atoms in total. The van der Waals surface area contributed by atoms with Gasteiger partial charge in [-0.1, -0.05) is 42.5 Å². The number of benzene rings is 2. The van der Waals surface area contributed by atoms with Gasteiger partial charge in [0.2, 0.25) is 0 Å². The van der Waals surface area contributed by atoms with Crippen molar-refractivity contribution in [3.05, 3.63) is 59.7 Å². The monoisotopic (exact) mass is 315 g/mol. The van der Waals surface area contributed by atoms with Gasteiger partial charge in [-0.25, -0.2) is 0 Å². The summed E-state index contributed by atoms with van der Waals surface area (Å²) in [5, 5.41) is 11.6. The maximum Gasteiger partial charge on any atom is 0.317 e. The van der Waals surface area contributed by atoms with Gasteiger partial charge < -0.3 is 19.9 Å². The topological polar surface area (TPSA) is 67.8 Å². The van der Waals surface area contributed by atoms with Crippen LogP contribution in [0.25, 0.3) is 0 Å². The molecule has 2 rings (SSSR count). The predicted molar refractivity (Wildman–Crippen MR) is 87.7 cm³/mol. The van der Waals surface area contributed by atoms with Gasteiger partial charge in [-0.2, -0.15) is 0 Å². The maximum atomic E-state index is 10.6. The second-order valence-electron chi connectivity index (χ2n) is 4.95. The number of hydrogen-bond acceptors (Lipinski definition) is 4. The Morgan fingerprint density at radius 2 is 1.87 bits per heavy atom. The van der Waals surface area contributed by atoms with Gasteiger partial charge in [0, 0.05) is 12.1 Å². The molecule has 0 unspecified atom stereocenters. The third-order valence-corrected chi connectivity index (χ3v) is 3.18. The highest BCUT2D eigenvalue weighted by molar-refractivity contribution is 5.69. The predicted octanol–water partition coefficient (Wildman–Crippen LogP) is 2.84. The molecule has 0 saturated heterocycles. The van der Waals surface area contributed by atoms with Gasteiger partial charge in [-0.15, -0.1) is 0 Å². The molecular weight excluding hydrogens is 294 g/mol. The normalized spacial score (nSPS) is 10.3. The zero-order valence-corrected chi connectivity index (χ0v) is 13.1. The van der Waals surface area contributed by atoms with E-state index in [1.807, 2.05) is 55.5 Å². The number of nitrogens with one attached hydrogen (secondary N) is 1. The first-order valence-corrected chi connectivity index (χ1v) is 7.54. The summed E-state index contributed by atoms with van der Waals surface area (Å²) >= 11 is 0. The van der Waals surface area contributed by atoms with E-state index in [2.05, 4.69) is 5.32 Å². The quantitative estimate of drug-likeness (QED) is 0.745. The molecule has 0 spiro atoms. The van der Waals surface area contributed by atoms with Gasteiger partial charge in [0.1, 0.15) is 6.61 Å². The van der Waals surface area contributed by atoms with Crippen molar-refractivity contribution in [2.45, 2.75) is 20.1 Å². The van der Waals surface area contributed by atoms with Crippen molar-refractivity contribution in [1.82, 2.24) is 5.32 Å². The minimum atomic E-state index is -0.891. The zero-order valence-electron chi connectivity index (χ0n) is 13.1. The number of rotatable bonds is 9. The number of aliphatic carboxylic acids is 1. The van der Waals surface area contributed by atoms with E-state index in [4.69, 9.17) is 14.6 Å². The zero-order chi connectivity index (χ0) is 16.5. The van der Waals surface area contributed by atoms with Crippen LogP contribution < -0.4 is 14.8 Å². The summed E-state index contributed by atoms with van der Waals surface area (Å²) in [5.74, 6) is 0.423. The molecular formula is C18H21NO4. The average molecular weight is 315 g/mol. The Balaban J connectivity index is 2.13. The van der Waals surface area contributed by atoms with Crippen LogP contribution in [0, 0.1) is 0 Å². The lowest BCUT2D eigenvalue weighted by Gasteiger charge is -2.16. The van der Waals surface area contributed by atoms with E-state index >= 15 is 0 Å². The van der Waals surface area contributed by atoms with E-state index in [1.165, 1.54) is 0 Å². The molecule has 2 aromatic rings. The first kappa shape index (κ1) is 16.8. The minimum Gasteiger partial charge on any atom is -0.490 e. The fraction of sp³-hybridized carbons (Fsp3) is 0.278. The molecule has 2 N–H and O–H groups in total. The lowest BCUT2D eigenvalue weighted by molar-refractivity contribution is -0.136. The summed E-state index contributed by atoms with van der Waals surface area (Å²) in [5.41, 5.74) is 1.93. The smallest absolute Gasteiger partial charge is 0.317 e. The van der Waals surface area contributed by atoms with Crippen LogP contribution in [0.3, 0.4) is 0 Å². The van der Waals surface area contributed by atoms with Crippen LogP contribution in [-0.2, 0) is 17.9 Å². The number of carboxylic acids is 1. The summed E-state index contributed by atoms with van der Waals surface area (Å²) in [6.07, 6.45) is 0. The van der Waals surface area contributed by atoms with Crippen LogP contribution in [0.1, 0.15) is 18.1 Å². The highest BCUT2D eigenvalue weighted by Crippen LogP contribution is 2.32. The van der Waals surface area contributed by atoms with Crippen molar-refractivity contribution in [1.29, 1.82) is 0 Å². The molecule has 0 aromatic heterocycles. The summed E-state index contributed by atoms with van der Waals surface area (Å²) < 4.78 is 11.6. The van der Waals surface area contributed by atoms with E-state index in [0.29, 0.717) is 31.3 Å². The lowest BCUT2D eigenvalue weighted by Crippen LogP contribution is -2.22. The molecule has 0 aliphatic heterocycles. The first-order valence-electron chi connectivity index (χ1n) is 7.54. The van der Waals surface area contributed by atoms with Crippen molar-refractivity contribution in [2.24, 2.45) is 0 Å². The number of hydrogen-bond donors (Lipinski definition) is 2. The molecule has 2 aromatic carbocycles. The third-order valence-electron chi connectivity index (χ3n) is 3.18. The van der Waals surface area contributed by atoms with Crippen molar-refractivity contribution in [2.75, 3.05) is 13.2 Å². The molecule has 23 heavy (non-hydrogen) atoms. The van der Waals surface area contributed by atoms with Crippen LogP contribution in [0.5, 0.6) is 11.5 Å². The van der Waals surface area contributed by atoms with E-state index in [0.717, 1.165) is 11.1 Å². The van der Waals surface area contributed by atoms with Crippen LogP contribution in [0.4, 0.5) is 0 Å². The maximum absolute atomic E-state index is 10.6. The van der Waals surface area contributed by atoms with Crippen LogP contribution in [0.2, 0.25) is 0 Å². The van der Waals surface area contributed by atoms with E-state index in [9.17, 15) is 4.79 Å². The van der Waals surface area contributed by atoms with E-state index in [-0.39, 0.29) is 6.54 Å². The van der Waals surface area contributed by atoms with Gasteiger partial charge in [-0.05, 0) is 18.6 Å². The Morgan fingerprint density at radius 3 is 2.57 bits per heavy atom. The molecule has 0 bridgehead atoms. The second-order valence-corrected chi connectivity index (χ2v) is 4.95. The Bertz CT molecular complexity index is 628. The number of ether oxygens (including phenoxy) is 2. The van der Waals surface area contributed by atoms with E-state index < -0.39 is 5.97 Å². The minimum absolute atomic E-state index is 0.100. The van der Waals surface area contributed by atoms with Gasteiger partial charge in [-0.3, -0.25) is 4.79 Å². The Hall–Kier alpha value is -2.53. The summed E-state index contributed by atoms with van der Waals surface area (Å²) in [6, 6.07) is 15.5. The molecule has 122 valence electrons. The lowest BCUT2D eigenvalue weighted by atomic mass is 10.1. The van der Waals surface area contributed by atoms with Crippen LogP contribution in [-0.4, -0.2) is 24.2 Å². The van der Waals surface area contributed by atoms with Crippen LogP contribution >= 0.6 is 0 Å². The fourth-order valence-corrected chi connectivity index (χ4v) is 2.17. The summed E-state index contributed by atoms with van der Waals surface area (Å²) in [4.78, 5) is 10.6. The SMILES string of the molecule is CCOc1cccc(CNCC(=O)O)c1OCc1ccccc1. The molecule has 0 radical (unpaired) electrons. The second kappa shape index (κ2) is 8.80. The molecule has 0 aliphatic carbocycles. The molecule has 0 atom stereocenters. The van der Waals surface area contributed by atoms with Crippen LogP contribution in [0.15, 0.2) is 48.5 Å². The number of para-hydroxylation sites is 1. The standard InChI is InChI=1S/C18H21NO4/c1-2-22-16-10-6-9-15(11-19-12-17(20)21)18(16)23-13-14-7-4-3-5-8-14/h3-10,19H,2,11-13H2,1H3,(H,20,21). The largest absolute Gasteiger partial charge is 0.490 e. The summed E-state index contributed by atoms with van der Waals surface area (Å²) in [7, 11) is 0. The van der Waals surface area contributed by atoms with Gasteiger partial charge in [0.15, 0.2) is 11.5 Å². The van der Waals surface area contributed by atoms with Gasteiger partial charge in [0.05, 0.1) is 13.2 Å². The number of carboxylic acid groups (broad SMARTS) is 1.